The van der Waals surface area contributed by atoms with Gasteiger partial charge in [-0.05, 0) is 12.1 Å². The van der Waals surface area contributed by atoms with Crippen LogP contribution in [0.25, 0.3) is 11.4 Å². The second-order valence-electron chi connectivity index (χ2n) is 4.48. The summed E-state index contributed by atoms with van der Waals surface area (Å²) < 4.78 is 10.3. The summed E-state index contributed by atoms with van der Waals surface area (Å²) in [7, 11) is 1.64. The van der Waals surface area contributed by atoms with Gasteiger partial charge in [0.15, 0.2) is 0 Å². The van der Waals surface area contributed by atoms with E-state index in [0.717, 1.165) is 5.56 Å². The van der Waals surface area contributed by atoms with E-state index in [1.807, 2.05) is 23.1 Å². The number of aromatic nitrogens is 2. The number of benzene rings is 1. The maximum absolute atomic E-state index is 9.07. The molecule has 1 heterocycles. The molecule has 0 saturated heterocycles. The third-order valence-electron chi connectivity index (χ3n) is 2.97. The fourth-order valence-corrected chi connectivity index (χ4v) is 2.11. The molecule has 0 aliphatic rings. The molecule has 21 heavy (non-hydrogen) atoms. The molecule has 1 aromatic carbocycles. The number of halogens is 1. The number of methoxy groups -OCH3 is 1. The number of aliphatic hydroxyl groups excluding tert-OH is 1. The van der Waals surface area contributed by atoms with Gasteiger partial charge in [-0.15, -0.1) is 0 Å². The summed E-state index contributed by atoms with van der Waals surface area (Å²) >= 11 is 6.11. The van der Waals surface area contributed by atoms with E-state index in [0.29, 0.717) is 43.0 Å². The first-order chi connectivity index (χ1) is 10.2. The lowest BCUT2D eigenvalue weighted by Gasteiger charge is -2.18. The summed E-state index contributed by atoms with van der Waals surface area (Å²) in [5, 5.41) is 13.6. The van der Waals surface area contributed by atoms with Crippen LogP contribution in [0.2, 0.25) is 5.02 Å². The highest BCUT2D eigenvalue weighted by atomic mass is 35.5. The van der Waals surface area contributed by atoms with E-state index in [1.54, 1.807) is 13.2 Å². The van der Waals surface area contributed by atoms with Crippen molar-refractivity contribution < 1.29 is 14.4 Å². The van der Waals surface area contributed by atoms with E-state index < -0.39 is 0 Å². The molecule has 0 atom stereocenters. The van der Waals surface area contributed by atoms with E-state index in [-0.39, 0.29) is 6.61 Å². The third kappa shape index (κ3) is 4.50. The zero-order valence-corrected chi connectivity index (χ0v) is 12.6. The molecule has 0 fully saturated rings. The minimum atomic E-state index is 0.0647. The van der Waals surface area contributed by atoms with Crippen molar-refractivity contribution in [3.8, 4) is 11.4 Å². The van der Waals surface area contributed by atoms with Crippen molar-refractivity contribution in [1.29, 1.82) is 0 Å². The van der Waals surface area contributed by atoms with Gasteiger partial charge in [-0.2, -0.15) is 4.98 Å². The van der Waals surface area contributed by atoms with E-state index in [4.69, 9.17) is 26.0 Å². The molecule has 2 rings (SSSR count). The highest BCUT2D eigenvalue weighted by molar-refractivity contribution is 6.33. The van der Waals surface area contributed by atoms with Crippen molar-refractivity contribution in [1.82, 2.24) is 15.0 Å². The van der Waals surface area contributed by atoms with E-state index in [2.05, 4.69) is 10.1 Å². The molecule has 0 saturated carbocycles. The van der Waals surface area contributed by atoms with E-state index >= 15 is 0 Å². The predicted molar refractivity (Wildman–Crippen MR) is 79.0 cm³/mol. The van der Waals surface area contributed by atoms with Crippen molar-refractivity contribution in [2.45, 2.75) is 6.54 Å². The zero-order valence-electron chi connectivity index (χ0n) is 11.8. The molecular weight excluding hydrogens is 294 g/mol. The van der Waals surface area contributed by atoms with Crippen LogP contribution in [0.5, 0.6) is 0 Å². The molecule has 0 amide bonds. The summed E-state index contributed by atoms with van der Waals surface area (Å²) in [6.45, 7) is 2.30. The van der Waals surface area contributed by atoms with Gasteiger partial charge < -0.3 is 14.4 Å². The normalized spacial score (nSPS) is 11.2. The lowest BCUT2D eigenvalue weighted by molar-refractivity contribution is 0.118. The number of ether oxygens (including phenoxy) is 1. The van der Waals surface area contributed by atoms with Gasteiger partial charge in [0.05, 0.1) is 24.8 Å². The molecular formula is C14H18ClN3O3. The largest absolute Gasteiger partial charge is 0.395 e. The smallest absolute Gasteiger partial charge is 0.241 e. The average Bonchev–Trinajstić information content (AvgIpc) is 2.94. The Morgan fingerprint density at radius 3 is 2.86 bits per heavy atom. The van der Waals surface area contributed by atoms with Crippen LogP contribution in [-0.4, -0.2) is 53.6 Å². The van der Waals surface area contributed by atoms with Crippen LogP contribution >= 0.6 is 11.6 Å². The highest BCUT2D eigenvalue weighted by Gasteiger charge is 2.14. The first-order valence-electron chi connectivity index (χ1n) is 6.64. The second kappa shape index (κ2) is 8.09. The topological polar surface area (TPSA) is 71.6 Å². The van der Waals surface area contributed by atoms with Gasteiger partial charge in [0.2, 0.25) is 11.7 Å². The van der Waals surface area contributed by atoms with Crippen LogP contribution in [0, 0.1) is 0 Å². The minimum absolute atomic E-state index is 0.0647. The Morgan fingerprint density at radius 1 is 1.33 bits per heavy atom. The molecule has 2 aromatic rings. The van der Waals surface area contributed by atoms with Crippen molar-refractivity contribution >= 4 is 11.6 Å². The Kier molecular flexibility index (Phi) is 6.13. The van der Waals surface area contributed by atoms with Crippen LogP contribution in [0.1, 0.15) is 5.89 Å². The summed E-state index contributed by atoms with van der Waals surface area (Å²) in [5.74, 6) is 0.945. The zero-order chi connectivity index (χ0) is 15.1. The fourth-order valence-electron chi connectivity index (χ4n) is 1.89. The molecule has 0 spiro atoms. The van der Waals surface area contributed by atoms with Crippen molar-refractivity contribution in [3.63, 3.8) is 0 Å². The summed E-state index contributed by atoms with van der Waals surface area (Å²) in [4.78, 5) is 6.32. The molecule has 0 aliphatic carbocycles. The summed E-state index contributed by atoms with van der Waals surface area (Å²) in [6, 6.07) is 7.34. The quantitative estimate of drug-likeness (QED) is 0.802. The second-order valence-corrected chi connectivity index (χ2v) is 4.89. The molecule has 0 radical (unpaired) electrons. The standard InChI is InChI=1S/C14H18ClN3O3/c1-20-9-7-18(6-8-19)10-13-16-14(17-21-13)11-4-2-3-5-12(11)15/h2-5,19H,6-10H2,1H3. The maximum Gasteiger partial charge on any atom is 0.241 e. The van der Waals surface area contributed by atoms with Crippen LogP contribution in [-0.2, 0) is 11.3 Å². The SMILES string of the molecule is COCCN(CCO)Cc1nc(-c2ccccc2Cl)no1. The van der Waals surface area contributed by atoms with Gasteiger partial charge in [-0.25, -0.2) is 0 Å². The molecule has 1 aromatic heterocycles. The molecule has 1 N–H and O–H groups in total. The van der Waals surface area contributed by atoms with Crippen LogP contribution in [0.3, 0.4) is 0 Å². The molecule has 6 nitrogen and oxygen atoms in total. The van der Waals surface area contributed by atoms with Gasteiger partial charge >= 0.3 is 0 Å². The summed E-state index contributed by atoms with van der Waals surface area (Å²) in [6.07, 6.45) is 0. The first-order valence-corrected chi connectivity index (χ1v) is 7.02. The Balaban J connectivity index is 2.06. The molecule has 7 heteroatoms. The number of nitrogens with zero attached hydrogens (tertiary/aromatic N) is 3. The Morgan fingerprint density at radius 2 is 2.14 bits per heavy atom. The predicted octanol–water partition coefficient (Wildman–Crippen LogP) is 1.83. The maximum atomic E-state index is 9.07. The lowest BCUT2D eigenvalue weighted by atomic mass is 10.2. The van der Waals surface area contributed by atoms with E-state index in [9.17, 15) is 0 Å². The number of rotatable bonds is 8. The minimum Gasteiger partial charge on any atom is -0.395 e. The van der Waals surface area contributed by atoms with Crippen molar-refractivity contribution in [2.24, 2.45) is 0 Å². The number of hydrogen-bond donors (Lipinski definition) is 1. The Hall–Kier alpha value is -1.47. The highest BCUT2D eigenvalue weighted by Crippen LogP contribution is 2.24. The monoisotopic (exact) mass is 311 g/mol. The molecule has 0 aliphatic heterocycles. The van der Waals surface area contributed by atoms with Gasteiger partial charge in [-0.1, -0.05) is 28.9 Å². The van der Waals surface area contributed by atoms with Crippen LogP contribution in [0.15, 0.2) is 28.8 Å². The summed E-state index contributed by atoms with van der Waals surface area (Å²) in [5.41, 5.74) is 0.736. The Labute approximate surface area is 128 Å². The van der Waals surface area contributed by atoms with Gasteiger partial charge in [-0.3, -0.25) is 4.90 Å². The number of hydrogen-bond acceptors (Lipinski definition) is 6. The van der Waals surface area contributed by atoms with Crippen molar-refractivity contribution in [3.05, 3.63) is 35.2 Å². The van der Waals surface area contributed by atoms with Crippen LogP contribution in [0.4, 0.5) is 0 Å². The van der Waals surface area contributed by atoms with Gasteiger partial charge in [0.1, 0.15) is 0 Å². The van der Waals surface area contributed by atoms with E-state index in [1.165, 1.54) is 0 Å². The molecule has 0 bridgehead atoms. The molecule has 0 unspecified atom stereocenters. The Bertz CT molecular complexity index is 562. The molecule has 114 valence electrons. The van der Waals surface area contributed by atoms with Gasteiger partial charge in [0.25, 0.3) is 0 Å². The fraction of sp³-hybridized carbons (Fsp3) is 0.429. The third-order valence-corrected chi connectivity index (χ3v) is 3.30. The van der Waals surface area contributed by atoms with Crippen LogP contribution < -0.4 is 0 Å². The lowest BCUT2D eigenvalue weighted by Crippen LogP contribution is -2.29. The van der Waals surface area contributed by atoms with Crippen molar-refractivity contribution in [2.75, 3.05) is 33.4 Å². The number of aliphatic hydroxyl groups is 1. The first kappa shape index (κ1) is 15.9. The van der Waals surface area contributed by atoms with Gasteiger partial charge in [0, 0.05) is 25.8 Å². The average molecular weight is 312 g/mol.